The van der Waals surface area contributed by atoms with Crippen LogP contribution in [0.1, 0.15) is 26.3 Å². The average molecular weight is 607 g/mol. The molecule has 9 heteroatoms. The molecule has 1 aromatic heterocycles. The molecule has 1 heterocycles. The molecule has 0 fully saturated rings. The molecule has 0 radical (unpaired) electrons. The second kappa shape index (κ2) is 12.2. The van der Waals surface area contributed by atoms with Crippen molar-refractivity contribution in [2.75, 3.05) is 5.32 Å². The van der Waals surface area contributed by atoms with E-state index in [9.17, 15) is 9.59 Å². The first kappa shape index (κ1) is 27.8. The number of rotatable bonds is 7. The lowest BCUT2D eigenvalue weighted by molar-refractivity contribution is 0.0991. The molecule has 0 saturated carbocycles. The first-order valence-electron chi connectivity index (χ1n) is 12.0. The number of benzene rings is 4. The van der Waals surface area contributed by atoms with Gasteiger partial charge >= 0.3 is 0 Å². The van der Waals surface area contributed by atoms with Crippen molar-refractivity contribution in [3.05, 3.63) is 134 Å². The van der Waals surface area contributed by atoms with Crippen LogP contribution in [0.4, 0.5) is 5.69 Å². The summed E-state index contributed by atoms with van der Waals surface area (Å²) in [5, 5.41) is 4.46. The highest BCUT2D eigenvalue weighted by atomic mass is 35.5. The van der Waals surface area contributed by atoms with Crippen molar-refractivity contribution in [1.82, 2.24) is 9.97 Å². The molecule has 1 amide bonds. The van der Waals surface area contributed by atoms with Gasteiger partial charge in [-0.2, -0.15) is 0 Å². The van der Waals surface area contributed by atoms with Crippen molar-refractivity contribution in [2.45, 2.75) is 6.42 Å². The minimum absolute atomic E-state index is 0.0718. The second-order valence-corrected chi connectivity index (χ2v) is 10.7. The van der Waals surface area contributed by atoms with Crippen molar-refractivity contribution in [2.24, 2.45) is 0 Å². The standard InChI is InChI=1S/C31H19Cl4N3O2/c32-23-10-21(11-24(33)14-23)30(39)9-18-1-3-19(4-2-18)28-16-29(37-17-36-28)20-5-7-27(8-6-20)38-31(40)22-12-25(34)15-26(35)13-22/h1-8,10-17H,9H2,(H,38,40). The highest BCUT2D eigenvalue weighted by Gasteiger charge is 2.12. The van der Waals surface area contributed by atoms with Crippen LogP contribution in [0.5, 0.6) is 0 Å². The lowest BCUT2D eigenvalue weighted by Gasteiger charge is -2.09. The predicted molar refractivity (Wildman–Crippen MR) is 162 cm³/mol. The van der Waals surface area contributed by atoms with Crippen LogP contribution in [0, 0.1) is 0 Å². The molecule has 0 spiro atoms. The van der Waals surface area contributed by atoms with Gasteiger partial charge in [0, 0.05) is 54.5 Å². The Morgan fingerprint density at radius 3 is 1.60 bits per heavy atom. The molecule has 0 atom stereocenters. The normalized spacial score (nSPS) is 10.8. The Bertz CT molecular complexity index is 1560. The number of carbonyl (C=O) groups is 2. The third-order valence-electron chi connectivity index (χ3n) is 6.03. The molecule has 1 N–H and O–H groups in total. The average Bonchev–Trinajstić information content (AvgIpc) is 2.93. The number of aromatic nitrogens is 2. The molecule has 0 unspecified atom stereocenters. The first-order valence-corrected chi connectivity index (χ1v) is 13.5. The summed E-state index contributed by atoms with van der Waals surface area (Å²) in [5.74, 6) is -0.388. The Kier molecular flexibility index (Phi) is 8.48. The monoisotopic (exact) mass is 605 g/mol. The second-order valence-electron chi connectivity index (χ2n) is 8.93. The smallest absolute Gasteiger partial charge is 0.255 e. The van der Waals surface area contributed by atoms with Crippen molar-refractivity contribution in [3.63, 3.8) is 0 Å². The fraction of sp³-hybridized carbons (Fsp3) is 0.0323. The van der Waals surface area contributed by atoms with Crippen molar-refractivity contribution in [3.8, 4) is 22.5 Å². The van der Waals surface area contributed by atoms with E-state index in [4.69, 9.17) is 46.4 Å². The molecule has 0 aliphatic carbocycles. The van der Waals surface area contributed by atoms with Crippen LogP contribution in [-0.4, -0.2) is 21.7 Å². The number of hydrogen-bond acceptors (Lipinski definition) is 4. The van der Waals surface area contributed by atoms with Crippen molar-refractivity contribution < 1.29 is 9.59 Å². The van der Waals surface area contributed by atoms with Gasteiger partial charge in [-0.1, -0.05) is 82.8 Å². The van der Waals surface area contributed by atoms with Gasteiger partial charge in [0.2, 0.25) is 0 Å². The zero-order valence-electron chi connectivity index (χ0n) is 20.7. The molecule has 5 aromatic rings. The topological polar surface area (TPSA) is 72.0 Å². The van der Waals surface area contributed by atoms with E-state index >= 15 is 0 Å². The number of carbonyl (C=O) groups excluding carboxylic acids is 2. The van der Waals surface area contributed by atoms with E-state index in [0.717, 1.165) is 28.1 Å². The van der Waals surface area contributed by atoms with Crippen LogP contribution in [-0.2, 0) is 6.42 Å². The van der Waals surface area contributed by atoms with Crippen molar-refractivity contribution >= 4 is 63.8 Å². The number of anilines is 1. The SMILES string of the molecule is O=C(Cc1ccc(-c2cc(-c3ccc(NC(=O)c4cc(Cl)cc(Cl)c4)cc3)ncn2)cc1)c1cc(Cl)cc(Cl)c1. The van der Waals surface area contributed by atoms with E-state index in [2.05, 4.69) is 15.3 Å². The summed E-state index contributed by atoms with van der Waals surface area (Å²) in [6.07, 6.45) is 1.72. The maximum atomic E-state index is 12.7. The highest BCUT2D eigenvalue weighted by molar-refractivity contribution is 6.35. The highest BCUT2D eigenvalue weighted by Crippen LogP contribution is 2.26. The third kappa shape index (κ3) is 6.87. The number of nitrogens with one attached hydrogen (secondary N) is 1. The summed E-state index contributed by atoms with van der Waals surface area (Å²) in [6, 6.07) is 26.3. The van der Waals surface area contributed by atoms with E-state index in [0.29, 0.717) is 36.9 Å². The van der Waals surface area contributed by atoms with Crippen LogP contribution in [0.15, 0.2) is 97.3 Å². The number of Topliss-reactive ketones (excluding diaryl/α,β-unsaturated/α-hetero) is 1. The molecular formula is C31H19Cl4N3O2. The summed E-state index contributed by atoms with van der Waals surface area (Å²) in [7, 11) is 0. The molecular weight excluding hydrogens is 588 g/mol. The molecule has 0 bridgehead atoms. The Balaban J connectivity index is 1.27. The van der Waals surface area contributed by atoms with Gasteiger partial charge in [-0.15, -0.1) is 0 Å². The first-order chi connectivity index (χ1) is 19.2. The predicted octanol–water partition coefficient (Wildman–Crippen LogP) is 9.10. The van der Waals surface area contributed by atoms with Gasteiger partial charge in [0.05, 0.1) is 11.4 Å². The summed E-state index contributed by atoms with van der Waals surface area (Å²) >= 11 is 24.1. The largest absolute Gasteiger partial charge is 0.322 e. The van der Waals surface area contributed by atoms with Crippen molar-refractivity contribution in [1.29, 1.82) is 0 Å². The van der Waals surface area contributed by atoms with Crippen LogP contribution in [0.25, 0.3) is 22.5 Å². The molecule has 4 aromatic carbocycles. The fourth-order valence-corrected chi connectivity index (χ4v) is 5.13. The Morgan fingerprint density at radius 2 is 1.07 bits per heavy atom. The van der Waals surface area contributed by atoms with Gasteiger partial charge in [0.1, 0.15) is 6.33 Å². The van der Waals surface area contributed by atoms with Gasteiger partial charge in [-0.25, -0.2) is 9.97 Å². The van der Waals surface area contributed by atoms with Gasteiger partial charge in [0.15, 0.2) is 5.78 Å². The summed E-state index contributed by atoms with van der Waals surface area (Å²) < 4.78 is 0. The van der Waals surface area contributed by atoms with E-state index in [1.54, 1.807) is 48.5 Å². The minimum atomic E-state index is -0.317. The zero-order valence-corrected chi connectivity index (χ0v) is 23.7. The number of amides is 1. The van der Waals surface area contributed by atoms with Gasteiger partial charge in [-0.05, 0) is 60.2 Å². The zero-order chi connectivity index (χ0) is 28.2. The van der Waals surface area contributed by atoms with Gasteiger partial charge in [0.25, 0.3) is 5.91 Å². The number of hydrogen-bond donors (Lipinski definition) is 1. The summed E-state index contributed by atoms with van der Waals surface area (Å²) in [5.41, 5.74) is 5.51. The maximum Gasteiger partial charge on any atom is 0.255 e. The maximum absolute atomic E-state index is 12.7. The third-order valence-corrected chi connectivity index (χ3v) is 6.90. The number of ketones is 1. The Labute approximate surface area is 250 Å². The Morgan fingerprint density at radius 1 is 0.600 bits per heavy atom. The van der Waals surface area contributed by atoms with Crippen LogP contribution < -0.4 is 5.32 Å². The molecule has 40 heavy (non-hydrogen) atoms. The number of halogens is 4. The molecule has 0 aliphatic heterocycles. The van der Waals surface area contributed by atoms with Gasteiger partial charge in [-0.3, -0.25) is 9.59 Å². The van der Waals surface area contributed by atoms with E-state index < -0.39 is 0 Å². The lowest BCUT2D eigenvalue weighted by Crippen LogP contribution is -2.11. The quantitative estimate of drug-likeness (QED) is 0.188. The van der Waals surface area contributed by atoms with E-state index in [1.165, 1.54) is 6.33 Å². The molecule has 198 valence electrons. The number of nitrogens with zero attached hydrogens (tertiary/aromatic N) is 2. The molecule has 5 nitrogen and oxygen atoms in total. The van der Waals surface area contributed by atoms with E-state index in [1.807, 2.05) is 42.5 Å². The molecule has 5 rings (SSSR count). The van der Waals surface area contributed by atoms with Gasteiger partial charge < -0.3 is 5.32 Å². The minimum Gasteiger partial charge on any atom is -0.322 e. The summed E-state index contributed by atoms with van der Waals surface area (Å²) in [4.78, 5) is 34.1. The van der Waals surface area contributed by atoms with Crippen LogP contribution in [0.2, 0.25) is 20.1 Å². The Hall–Kier alpha value is -3.74. The summed E-state index contributed by atoms with van der Waals surface area (Å²) in [6.45, 7) is 0. The van der Waals surface area contributed by atoms with E-state index in [-0.39, 0.29) is 18.1 Å². The lowest BCUT2D eigenvalue weighted by atomic mass is 10.0. The molecule has 0 aliphatic rings. The van der Waals surface area contributed by atoms with Crippen LogP contribution >= 0.6 is 46.4 Å². The molecule has 0 saturated heterocycles. The van der Waals surface area contributed by atoms with Crippen LogP contribution in [0.3, 0.4) is 0 Å². The fourth-order valence-electron chi connectivity index (χ4n) is 4.08.